The molecule has 3 aliphatic rings. The molecule has 0 aliphatic carbocycles. The Morgan fingerprint density at radius 1 is 0.904 bits per heavy atom. The fraction of sp³-hybridized carbons (Fsp3) is 0.590. The number of thiophene rings is 1. The second-order valence-electron chi connectivity index (χ2n) is 22.0. The molecule has 2 saturated heterocycles. The van der Waals surface area contributed by atoms with Crippen molar-refractivity contribution in [2.24, 2.45) is 23.2 Å². The van der Waals surface area contributed by atoms with Crippen LogP contribution in [-0.2, 0) is 14.4 Å². The van der Waals surface area contributed by atoms with E-state index in [1.54, 1.807) is 0 Å². The van der Waals surface area contributed by atoms with Crippen LogP contribution in [0.1, 0.15) is 181 Å². The number of imide groups is 1. The molecular weight excluding hydrogens is 927 g/mol. The predicted octanol–water partition coefficient (Wildman–Crippen LogP) is 13.3. The minimum Gasteiger partial charge on any atom is -0.381 e. The number of fused-ring (bicyclic) bond motifs is 5. The number of amides is 4. The number of piperidine rings is 1. The van der Waals surface area contributed by atoms with E-state index >= 15 is 0 Å². The number of allylic oxidation sites excluding steroid dienone is 3. The molecule has 73 heavy (non-hydrogen) atoms. The second kappa shape index (κ2) is 28.0. The largest absolute Gasteiger partial charge is 0.381 e. The van der Waals surface area contributed by atoms with Crippen LogP contribution < -0.4 is 26.2 Å². The molecule has 2 aromatic heterocycles. The molecule has 5 atom stereocenters. The third-order valence-corrected chi connectivity index (χ3v) is 16.8. The van der Waals surface area contributed by atoms with Gasteiger partial charge < -0.3 is 20.9 Å². The molecular formula is C61H91N7O4S. The number of benzene rings is 2. The zero-order chi connectivity index (χ0) is 53.4. The number of carbonyl (C=O) groups is 4. The molecule has 4 amide bonds. The average Bonchev–Trinajstić information content (AvgIpc) is 3.70. The summed E-state index contributed by atoms with van der Waals surface area (Å²) < 4.78 is 1.08. The molecule has 2 aromatic carbocycles. The third kappa shape index (κ3) is 16.0. The second-order valence-corrected chi connectivity index (χ2v) is 23.0. The van der Waals surface area contributed by atoms with E-state index in [1.165, 1.54) is 42.8 Å². The summed E-state index contributed by atoms with van der Waals surface area (Å²) in [6.45, 7) is 35.1. The van der Waals surface area contributed by atoms with Gasteiger partial charge in [-0.2, -0.15) is 0 Å². The fourth-order valence-corrected chi connectivity index (χ4v) is 11.2. The van der Waals surface area contributed by atoms with Crippen LogP contribution in [0.3, 0.4) is 0 Å². The van der Waals surface area contributed by atoms with Crippen molar-refractivity contribution < 1.29 is 19.2 Å². The molecule has 0 bridgehead atoms. The zero-order valence-corrected chi connectivity index (χ0v) is 47.8. The van der Waals surface area contributed by atoms with E-state index in [2.05, 4.69) is 144 Å². The van der Waals surface area contributed by atoms with Gasteiger partial charge in [0.25, 0.3) is 5.91 Å². The number of hydrogen-bond acceptors (Lipinski definition) is 9. The summed E-state index contributed by atoms with van der Waals surface area (Å²) in [6, 6.07) is 14.8. The Morgan fingerprint density at radius 2 is 1.60 bits per heavy atom. The Morgan fingerprint density at radius 3 is 2.21 bits per heavy atom. The van der Waals surface area contributed by atoms with Gasteiger partial charge in [0.2, 0.25) is 17.7 Å². The molecule has 4 N–H and O–H groups in total. The summed E-state index contributed by atoms with van der Waals surface area (Å²) in [6.07, 6.45) is 15.3. The lowest BCUT2D eigenvalue weighted by Crippen LogP contribution is -2.47. The molecule has 3 aliphatic heterocycles. The predicted molar refractivity (Wildman–Crippen MR) is 309 cm³/mol. The average molecular weight is 1020 g/mol. The fourth-order valence-electron chi connectivity index (χ4n) is 10.1. The molecule has 4 aromatic rings. The van der Waals surface area contributed by atoms with E-state index in [9.17, 15) is 19.2 Å². The summed E-state index contributed by atoms with van der Waals surface area (Å²) in [7, 11) is 0. The lowest BCUT2D eigenvalue weighted by Gasteiger charge is -2.38. The number of unbranched alkanes of at least 4 members (excludes halogenated alkanes) is 1. The van der Waals surface area contributed by atoms with E-state index in [4.69, 9.17) is 4.98 Å². The van der Waals surface area contributed by atoms with E-state index in [-0.39, 0.29) is 47.0 Å². The lowest BCUT2D eigenvalue weighted by molar-refractivity contribution is -0.134. The molecule has 0 radical (unpaired) electrons. The highest BCUT2D eigenvalue weighted by Crippen LogP contribution is 2.42. The number of carbonyl (C=O) groups excluding carboxylic acids is 4. The molecule has 0 saturated carbocycles. The Labute approximate surface area is 443 Å². The van der Waals surface area contributed by atoms with E-state index in [1.807, 2.05) is 38.3 Å². The van der Waals surface area contributed by atoms with Gasteiger partial charge >= 0.3 is 0 Å². The van der Waals surface area contributed by atoms with Gasteiger partial charge in [0.05, 0.1) is 17.3 Å². The van der Waals surface area contributed by atoms with Crippen molar-refractivity contribution in [3.63, 3.8) is 0 Å². The van der Waals surface area contributed by atoms with Crippen molar-refractivity contribution in [3.8, 4) is 0 Å². The number of hydrogen-bond donors (Lipinski definition) is 4. The van der Waals surface area contributed by atoms with Crippen LogP contribution >= 0.6 is 11.3 Å². The van der Waals surface area contributed by atoms with Crippen molar-refractivity contribution in [1.82, 2.24) is 25.8 Å². The van der Waals surface area contributed by atoms with E-state index < -0.39 is 0 Å². The lowest BCUT2D eigenvalue weighted by atomic mass is 9.70. The molecule has 5 heterocycles. The first-order valence-electron chi connectivity index (χ1n) is 27.9. The van der Waals surface area contributed by atoms with Gasteiger partial charge in [0.15, 0.2) is 0 Å². The van der Waals surface area contributed by atoms with Gasteiger partial charge in [0.1, 0.15) is 4.88 Å². The molecule has 11 nitrogen and oxygen atoms in total. The number of anilines is 2. The van der Waals surface area contributed by atoms with Gasteiger partial charge in [-0.15, -0.1) is 11.3 Å². The van der Waals surface area contributed by atoms with Gasteiger partial charge in [-0.25, -0.2) is 0 Å². The van der Waals surface area contributed by atoms with Gasteiger partial charge in [0, 0.05) is 90.7 Å². The molecule has 400 valence electrons. The number of nitrogens with zero attached hydrogens (tertiary/aromatic N) is 3. The summed E-state index contributed by atoms with van der Waals surface area (Å²) >= 11 is 1.53. The summed E-state index contributed by atoms with van der Waals surface area (Å²) in [5.74, 6) is 1.41. The van der Waals surface area contributed by atoms with Crippen LogP contribution in [0, 0.1) is 23.2 Å². The minimum absolute atomic E-state index is 0.0232. The van der Waals surface area contributed by atoms with Crippen molar-refractivity contribution in [2.45, 2.75) is 172 Å². The highest BCUT2D eigenvalue weighted by molar-refractivity contribution is 7.21. The van der Waals surface area contributed by atoms with Gasteiger partial charge in [-0.1, -0.05) is 139 Å². The van der Waals surface area contributed by atoms with Crippen LogP contribution in [0.5, 0.6) is 0 Å². The first-order valence-corrected chi connectivity index (χ1v) is 28.7. The molecule has 7 rings (SSSR count). The monoisotopic (exact) mass is 1020 g/mol. The normalized spacial score (nSPS) is 19.1. The SMILES string of the molecule is CCC(C)CN1CCN(c2ccc(C3CCC(=O)NC3=O)cc2)CC1.CCCC.CCCC(CC(C)(C)C(C)C(C)C)NC(=O)/C(=C/C=C(\CC)c1cc2c(ccc3sc4c(c32)NC[C@@H](C)NC4=O)cn1)CC. The van der Waals surface area contributed by atoms with Crippen molar-refractivity contribution in [1.29, 1.82) is 0 Å². The van der Waals surface area contributed by atoms with Crippen molar-refractivity contribution in [2.75, 3.05) is 49.5 Å². The third-order valence-electron chi connectivity index (χ3n) is 15.6. The molecule has 12 heteroatoms. The number of rotatable bonds is 18. The molecule has 4 unspecified atom stereocenters. The summed E-state index contributed by atoms with van der Waals surface area (Å²) in [4.78, 5) is 60.2. The summed E-state index contributed by atoms with van der Waals surface area (Å²) in [5.41, 5.74) is 6.01. The van der Waals surface area contributed by atoms with Crippen LogP contribution in [0.15, 0.2) is 66.4 Å². The minimum atomic E-state index is -0.195. The highest BCUT2D eigenvalue weighted by Gasteiger charge is 2.32. The summed E-state index contributed by atoms with van der Waals surface area (Å²) in [5, 5.41) is 15.6. The standard InChI is InChI=1S/C37H52N4O2S.C20H29N3O2.C4H10/c1-10-13-28(19-37(8,9)24(7)22(4)5)41-35(42)26(12-3)15-14-25(11-2)30-18-29-27(21-38-30)16-17-31-32(29)33-34(44-31)36(43)40-23(6)20-39-33;1-3-15(2)14-22-10-12-23(13-11-22)17-6-4-16(5-7-17)18-8-9-19(24)21-20(18)25;1-3-4-2/h14-18,21-24,28,39H,10-13,19-20H2,1-9H3,(H,40,43)(H,41,42);4-7,15,18H,3,8-14H2,1-2H3,(H,21,24,25);3-4H2,1-2H3/b25-14+,26-15+;;/t23-,24?,28?;;/m1../s1. The Hall–Kier alpha value is -5.07. The number of nitrogens with one attached hydrogen (secondary N) is 4. The topological polar surface area (TPSA) is 136 Å². The van der Waals surface area contributed by atoms with Crippen LogP contribution in [0.2, 0.25) is 0 Å². The number of piperazine rings is 1. The molecule has 2 fully saturated rings. The van der Waals surface area contributed by atoms with Crippen LogP contribution in [0.25, 0.3) is 26.4 Å². The first-order chi connectivity index (χ1) is 34.9. The Kier molecular flexibility index (Phi) is 22.6. The smallest absolute Gasteiger partial charge is 0.263 e. The van der Waals surface area contributed by atoms with Crippen molar-refractivity contribution >= 4 is 72.8 Å². The van der Waals surface area contributed by atoms with Crippen LogP contribution in [0.4, 0.5) is 11.4 Å². The zero-order valence-electron chi connectivity index (χ0n) is 46.9. The Bertz CT molecular complexity index is 2520. The maximum atomic E-state index is 13.5. The first kappa shape index (κ1) is 58.8. The maximum Gasteiger partial charge on any atom is 0.263 e. The van der Waals surface area contributed by atoms with Crippen molar-refractivity contribution in [3.05, 3.63) is 82.5 Å². The van der Waals surface area contributed by atoms with E-state index in [0.29, 0.717) is 37.6 Å². The van der Waals surface area contributed by atoms with E-state index in [0.717, 1.165) is 112 Å². The van der Waals surface area contributed by atoms with Gasteiger partial charge in [-0.05, 0) is 103 Å². The maximum absolute atomic E-state index is 13.5. The number of pyridine rings is 1. The van der Waals surface area contributed by atoms with Crippen LogP contribution in [-0.4, -0.2) is 84.9 Å². The van der Waals surface area contributed by atoms with Gasteiger partial charge in [-0.3, -0.25) is 34.4 Å². The molecule has 0 spiro atoms. The quantitative estimate of drug-likeness (QED) is 0.0440. The Balaban J connectivity index is 0.000000286. The highest BCUT2D eigenvalue weighted by atomic mass is 32.1. The number of aromatic nitrogens is 1.